The molecule has 0 saturated carbocycles. The van der Waals surface area contributed by atoms with Crippen LogP contribution in [-0.4, -0.2) is 44.6 Å². The summed E-state index contributed by atoms with van der Waals surface area (Å²) >= 11 is 0. The zero-order valence-electron chi connectivity index (χ0n) is 14.7. The average molecular weight is 359 g/mol. The van der Waals surface area contributed by atoms with Crippen molar-refractivity contribution in [1.29, 1.82) is 0 Å². The normalized spacial score (nSPS) is 20.0. The number of carbonyl (C=O) groups excluding carboxylic acids is 1. The Balaban J connectivity index is 1.70. The Labute approximate surface area is 150 Å². The monoisotopic (exact) mass is 359 g/mol. The Morgan fingerprint density at radius 3 is 2.92 bits per heavy atom. The van der Waals surface area contributed by atoms with Gasteiger partial charge in [0.05, 0.1) is 5.92 Å². The summed E-state index contributed by atoms with van der Waals surface area (Å²) < 4.78 is 10.5. The quantitative estimate of drug-likeness (QED) is 0.873. The van der Waals surface area contributed by atoms with E-state index in [0.29, 0.717) is 42.4 Å². The number of hydrogen-bond acceptors (Lipinski definition) is 6. The van der Waals surface area contributed by atoms with Gasteiger partial charge in [-0.25, -0.2) is 0 Å². The molecule has 0 bridgehead atoms. The number of aromatic nitrogens is 2. The van der Waals surface area contributed by atoms with E-state index in [1.165, 1.54) is 0 Å². The van der Waals surface area contributed by atoms with Gasteiger partial charge < -0.3 is 19.3 Å². The van der Waals surface area contributed by atoms with E-state index in [-0.39, 0.29) is 18.6 Å². The van der Waals surface area contributed by atoms with Crippen LogP contribution in [0.2, 0.25) is 0 Å². The smallest absolute Gasteiger partial charge is 0.308 e. The van der Waals surface area contributed by atoms with Gasteiger partial charge in [-0.3, -0.25) is 9.59 Å². The molecule has 1 amide bonds. The second kappa shape index (κ2) is 7.55. The molecule has 0 unspecified atom stereocenters. The molecule has 1 aliphatic heterocycles. The van der Waals surface area contributed by atoms with Gasteiger partial charge in [0.25, 0.3) is 5.91 Å². The van der Waals surface area contributed by atoms with Gasteiger partial charge in [0, 0.05) is 25.1 Å². The van der Waals surface area contributed by atoms with Gasteiger partial charge in [0.2, 0.25) is 11.7 Å². The number of ether oxygens (including phenoxy) is 1. The van der Waals surface area contributed by atoms with Crippen LogP contribution < -0.4 is 4.74 Å². The average Bonchev–Trinajstić information content (AvgIpc) is 3.05. The first-order valence-corrected chi connectivity index (χ1v) is 8.51. The topological polar surface area (TPSA) is 106 Å². The molecule has 8 nitrogen and oxygen atoms in total. The highest BCUT2D eigenvalue weighted by molar-refractivity contribution is 5.95. The minimum Gasteiger partial charge on any atom is -0.485 e. The molecule has 138 valence electrons. The maximum Gasteiger partial charge on any atom is 0.308 e. The fraction of sp³-hybridized carbons (Fsp3) is 0.444. The minimum atomic E-state index is -0.859. The summed E-state index contributed by atoms with van der Waals surface area (Å²) in [4.78, 5) is 29.9. The number of nitrogens with zero attached hydrogens (tertiary/aromatic N) is 3. The molecule has 1 fully saturated rings. The van der Waals surface area contributed by atoms with Crippen LogP contribution in [0.25, 0.3) is 0 Å². The van der Waals surface area contributed by atoms with Crippen molar-refractivity contribution in [2.75, 3.05) is 6.54 Å². The predicted molar refractivity (Wildman–Crippen MR) is 90.7 cm³/mol. The van der Waals surface area contributed by atoms with Crippen LogP contribution in [0.3, 0.4) is 0 Å². The maximum absolute atomic E-state index is 12.8. The van der Waals surface area contributed by atoms with Gasteiger partial charge in [-0.2, -0.15) is 4.98 Å². The number of aryl methyl sites for hydroxylation is 1. The lowest BCUT2D eigenvalue weighted by Gasteiger charge is -2.37. The molecule has 1 aliphatic rings. The van der Waals surface area contributed by atoms with Crippen LogP contribution in [0.5, 0.6) is 5.75 Å². The highest BCUT2D eigenvalue weighted by atomic mass is 16.5. The van der Waals surface area contributed by atoms with E-state index >= 15 is 0 Å². The van der Waals surface area contributed by atoms with Crippen molar-refractivity contribution < 1.29 is 24.0 Å². The van der Waals surface area contributed by atoms with Crippen molar-refractivity contribution >= 4 is 11.9 Å². The highest BCUT2D eigenvalue weighted by Crippen LogP contribution is 2.26. The third kappa shape index (κ3) is 3.84. The SMILES string of the molecule is Cc1nc(COc2cccc(C(=O)N3CCC[C@@H](C(=O)O)[C@H]3C)c2)no1. The molecule has 2 heterocycles. The molecule has 26 heavy (non-hydrogen) atoms. The van der Waals surface area contributed by atoms with Gasteiger partial charge in [-0.1, -0.05) is 11.2 Å². The van der Waals surface area contributed by atoms with Gasteiger partial charge in [0.15, 0.2) is 6.61 Å². The maximum atomic E-state index is 12.8. The van der Waals surface area contributed by atoms with Crippen LogP contribution in [0.15, 0.2) is 28.8 Å². The first-order valence-electron chi connectivity index (χ1n) is 8.51. The zero-order chi connectivity index (χ0) is 18.7. The van der Waals surface area contributed by atoms with Crippen LogP contribution in [0.1, 0.15) is 41.8 Å². The largest absolute Gasteiger partial charge is 0.485 e. The Morgan fingerprint density at radius 2 is 2.23 bits per heavy atom. The number of rotatable bonds is 5. The van der Waals surface area contributed by atoms with E-state index in [1.807, 2.05) is 0 Å². The molecule has 0 aliphatic carbocycles. The van der Waals surface area contributed by atoms with Crippen molar-refractivity contribution in [2.45, 2.75) is 39.3 Å². The van der Waals surface area contributed by atoms with E-state index in [1.54, 1.807) is 43.0 Å². The molecular weight excluding hydrogens is 338 g/mol. The summed E-state index contributed by atoms with van der Waals surface area (Å²) in [5, 5.41) is 13.1. The lowest BCUT2D eigenvalue weighted by Crippen LogP contribution is -2.49. The summed E-state index contributed by atoms with van der Waals surface area (Å²) in [5.74, 6) is -0.189. The van der Waals surface area contributed by atoms with E-state index in [0.717, 1.165) is 0 Å². The first-order chi connectivity index (χ1) is 12.5. The highest BCUT2D eigenvalue weighted by Gasteiger charge is 2.35. The summed E-state index contributed by atoms with van der Waals surface area (Å²) in [6.45, 7) is 4.17. The third-order valence-corrected chi connectivity index (χ3v) is 4.58. The number of piperidine rings is 1. The third-order valence-electron chi connectivity index (χ3n) is 4.58. The molecule has 8 heteroatoms. The summed E-state index contributed by atoms with van der Waals surface area (Å²) in [5.41, 5.74) is 0.463. The number of carbonyl (C=O) groups is 2. The molecule has 0 spiro atoms. The van der Waals surface area contributed by atoms with E-state index in [4.69, 9.17) is 9.26 Å². The number of aliphatic carboxylic acids is 1. The molecule has 1 aromatic heterocycles. The van der Waals surface area contributed by atoms with Crippen molar-refractivity contribution in [2.24, 2.45) is 5.92 Å². The van der Waals surface area contributed by atoms with E-state index < -0.39 is 11.9 Å². The van der Waals surface area contributed by atoms with Gasteiger partial charge >= 0.3 is 5.97 Å². The number of hydrogen-bond donors (Lipinski definition) is 1. The van der Waals surface area contributed by atoms with Gasteiger partial charge in [-0.15, -0.1) is 0 Å². The predicted octanol–water partition coefficient (Wildman–Crippen LogP) is 2.28. The second-order valence-corrected chi connectivity index (χ2v) is 6.37. The molecule has 2 atom stereocenters. The Hall–Kier alpha value is -2.90. The van der Waals surface area contributed by atoms with Crippen LogP contribution in [0.4, 0.5) is 0 Å². The first kappa shape index (κ1) is 17.9. The van der Waals surface area contributed by atoms with Crippen molar-refractivity contribution in [3.05, 3.63) is 41.5 Å². The van der Waals surface area contributed by atoms with Crippen LogP contribution in [0, 0.1) is 12.8 Å². The molecule has 1 N–H and O–H groups in total. The number of amides is 1. The van der Waals surface area contributed by atoms with E-state index in [9.17, 15) is 14.7 Å². The van der Waals surface area contributed by atoms with Crippen molar-refractivity contribution in [3.8, 4) is 5.75 Å². The zero-order valence-corrected chi connectivity index (χ0v) is 14.7. The number of likely N-dealkylation sites (tertiary alicyclic amines) is 1. The van der Waals surface area contributed by atoms with E-state index in [2.05, 4.69) is 10.1 Å². The summed E-state index contributed by atoms with van der Waals surface area (Å²) in [6.07, 6.45) is 1.27. The van der Waals surface area contributed by atoms with Crippen molar-refractivity contribution in [3.63, 3.8) is 0 Å². The van der Waals surface area contributed by atoms with Gasteiger partial charge in [0.1, 0.15) is 5.75 Å². The lowest BCUT2D eigenvalue weighted by molar-refractivity contribution is -0.144. The standard InChI is InChI=1S/C18H21N3O5/c1-11-15(18(23)24)7-4-8-21(11)17(22)13-5-3-6-14(9-13)25-10-16-19-12(2)26-20-16/h3,5-6,9,11,15H,4,7-8,10H2,1-2H3,(H,23,24)/t11-,15-/m1/s1. The molecule has 3 rings (SSSR count). The molecule has 1 saturated heterocycles. The molecular formula is C18H21N3O5. The lowest BCUT2D eigenvalue weighted by atomic mass is 9.90. The number of carboxylic acid groups (broad SMARTS) is 1. The summed E-state index contributed by atoms with van der Waals surface area (Å²) in [7, 11) is 0. The molecule has 0 radical (unpaired) electrons. The Morgan fingerprint density at radius 1 is 1.42 bits per heavy atom. The van der Waals surface area contributed by atoms with Gasteiger partial charge in [-0.05, 0) is 38.0 Å². The Bertz CT molecular complexity index is 804. The van der Waals surface area contributed by atoms with Crippen LogP contribution >= 0.6 is 0 Å². The number of benzene rings is 1. The fourth-order valence-electron chi connectivity index (χ4n) is 3.19. The molecule has 2 aromatic rings. The van der Waals surface area contributed by atoms with Crippen LogP contribution in [-0.2, 0) is 11.4 Å². The molecule has 1 aromatic carbocycles. The number of carboxylic acids is 1. The minimum absolute atomic E-state index is 0.135. The Kier molecular flexibility index (Phi) is 5.20. The second-order valence-electron chi connectivity index (χ2n) is 6.37. The summed E-state index contributed by atoms with van der Waals surface area (Å²) in [6, 6.07) is 6.47. The fourth-order valence-corrected chi connectivity index (χ4v) is 3.19. The van der Waals surface area contributed by atoms with Crippen molar-refractivity contribution in [1.82, 2.24) is 15.0 Å².